The molecule has 1 aromatic rings. The largest absolute Gasteiger partial charge is 0.478 e. The molecule has 17 heavy (non-hydrogen) atoms. The molecule has 0 saturated carbocycles. The van der Waals surface area contributed by atoms with E-state index in [1.54, 1.807) is 7.05 Å². The van der Waals surface area contributed by atoms with Crippen LogP contribution in [0, 0.1) is 13.8 Å². The van der Waals surface area contributed by atoms with Gasteiger partial charge in [0.15, 0.2) is 0 Å². The molecule has 0 aliphatic carbocycles. The summed E-state index contributed by atoms with van der Waals surface area (Å²) in [4.78, 5) is 23.4. The first-order chi connectivity index (χ1) is 7.91. The van der Waals surface area contributed by atoms with Crippen LogP contribution in [0.2, 0.25) is 0 Å². The smallest absolute Gasteiger partial charge is 0.328 e. The summed E-state index contributed by atoms with van der Waals surface area (Å²) >= 11 is 0. The number of carboxylic acid groups (broad SMARTS) is 1. The predicted octanol–water partition coefficient (Wildman–Crippen LogP) is 1.91. The van der Waals surface area contributed by atoms with E-state index in [0.29, 0.717) is 0 Å². The summed E-state index contributed by atoms with van der Waals surface area (Å²) in [6.07, 6.45) is 1.88. The van der Waals surface area contributed by atoms with Crippen molar-refractivity contribution in [3.63, 3.8) is 0 Å². The summed E-state index contributed by atoms with van der Waals surface area (Å²) in [5, 5.41) is 8.46. The van der Waals surface area contributed by atoms with Crippen molar-refractivity contribution in [1.82, 2.24) is 0 Å². The normalized spacial score (nSPS) is 10.5. The van der Waals surface area contributed by atoms with Gasteiger partial charge in [-0.05, 0) is 31.0 Å². The van der Waals surface area contributed by atoms with E-state index in [-0.39, 0.29) is 5.91 Å². The van der Waals surface area contributed by atoms with E-state index in [1.807, 2.05) is 32.0 Å². The van der Waals surface area contributed by atoms with Crippen LogP contribution in [-0.2, 0) is 9.59 Å². The van der Waals surface area contributed by atoms with Crippen molar-refractivity contribution in [2.75, 3.05) is 11.9 Å². The van der Waals surface area contributed by atoms with Crippen molar-refractivity contribution in [3.05, 3.63) is 41.5 Å². The molecular formula is C13H15NO3. The number of benzene rings is 1. The minimum absolute atomic E-state index is 0.360. The van der Waals surface area contributed by atoms with Crippen LogP contribution in [0.1, 0.15) is 11.1 Å². The number of carbonyl (C=O) groups is 2. The fraction of sp³-hybridized carbons (Fsp3) is 0.231. The molecule has 0 unspecified atom stereocenters. The molecule has 90 valence electrons. The van der Waals surface area contributed by atoms with E-state index < -0.39 is 5.97 Å². The second-order valence-electron chi connectivity index (χ2n) is 3.86. The highest BCUT2D eigenvalue weighted by atomic mass is 16.4. The third kappa shape index (κ3) is 3.45. The van der Waals surface area contributed by atoms with Gasteiger partial charge in [0, 0.05) is 24.9 Å². The zero-order valence-electron chi connectivity index (χ0n) is 10.1. The summed E-state index contributed by atoms with van der Waals surface area (Å²) < 4.78 is 0. The van der Waals surface area contributed by atoms with Crippen LogP contribution in [0.4, 0.5) is 5.69 Å². The summed E-state index contributed by atoms with van der Waals surface area (Å²) in [6, 6.07) is 5.78. The maximum absolute atomic E-state index is 11.7. The zero-order valence-corrected chi connectivity index (χ0v) is 10.1. The van der Waals surface area contributed by atoms with Crippen molar-refractivity contribution >= 4 is 17.6 Å². The Morgan fingerprint density at radius 3 is 2.47 bits per heavy atom. The number of carbonyl (C=O) groups excluding carboxylic acids is 1. The van der Waals surface area contributed by atoms with Gasteiger partial charge in [-0.1, -0.05) is 12.1 Å². The Morgan fingerprint density at radius 2 is 1.88 bits per heavy atom. The first kappa shape index (κ1) is 13.0. The Morgan fingerprint density at radius 1 is 1.24 bits per heavy atom. The van der Waals surface area contributed by atoms with E-state index in [9.17, 15) is 9.59 Å². The number of hydrogen-bond donors (Lipinski definition) is 1. The summed E-state index contributed by atoms with van der Waals surface area (Å²) in [6.45, 7) is 3.84. The monoisotopic (exact) mass is 233 g/mol. The standard InChI is InChI=1S/C13H15NO3/c1-9-4-5-10(2)11(8-9)14(3)12(15)6-7-13(16)17/h4-8H,1-3H3,(H,16,17)/b7-6+. The number of rotatable bonds is 3. The molecule has 0 radical (unpaired) electrons. The Hall–Kier alpha value is -2.10. The van der Waals surface area contributed by atoms with Crippen LogP contribution >= 0.6 is 0 Å². The summed E-state index contributed by atoms with van der Waals surface area (Å²) in [5.74, 6) is -1.49. The minimum Gasteiger partial charge on any atom is -0.478 e. The molecule has 0 saturated heterocycles. The molecule has 0 bridgehead atoms. The Kier molecular flexibility index (Phi) is 4.04. The van der Waals surface area contributed by atoms with Crippen LogP contribution in [-0.4, -0.2) is 24.0 Å². The lowest BCUT2D eigenvalue weighted by Gasteiger charge is -2.18. The molecule has 4 heteroatoms. The van der Waals surface area contributed by atoms with Crippen molar-refractivity contribution in [3.8, 4) is 0 Å². The lowest BCUT2D eigenvalue weighted by Crippen LogP contribution is -2.25. The second-order valence-corrected chi connectivity index (χ2v) is 3.86. The number of anilines is 1. The lowest BCUT2D eigenvalue weighted by atomic mass is 10.1. The van der Waals surface area contributed by atoms with Crippen LogP contribution in [0.5, 0.6) is 0 Å². The number of aryl methyl sites for hydroxylation is 2. The third-order valence-electron chi connectivity index (χ3n) is 2.43. The average molecular weight is 233 g/mol. The number of hydrogen-bond acceptors (Lipinski definition) is 2. The van der Waals surface area contributed by atoms with Crippen molar-refractivity contribution in [2.24, 2.45) is 0 Å². The van der Waals surface area contributed by atoms with Crippen molar-refractivity contribution in [2.45, 2.75) is 13.8 Å². The number of nitrogens with zero attached hydrogens (tertiary/aromatic N) is 1. The molecule has 0 aromatic heterocycles. The van der Waals surface area contributed by atoms with Gasteiger partial charge >= 0.3 is 5.97 Å². The van der Waals surface area contributed by atoms with E-state index in [0.717, 1.165) is 29.0 Å². The SMILES string of the molecule is Cc1ccc(C)c(N(C)C(=O)/C=C/C(=O)O)c1. The quantitative estimate of drug-likeness (QED) is 0.811. The fourth-order valence-corrected chi connectivity index (χ4v) is 1.45. The average Bonchev–Trinajstić information content (AvgIpc) is 2.28. The van der Waals surface area contributed by atoms with Gasteiger partial charge in [-0.2, -0.15) is 0 Å². The van der Waals surface area contributed by atoms with E-state index in [2.05, 4.69) is 0 Å². The van der Waals surface area contributed by atoms with Gasteiger partial charge in [-0.25, -0.2) is 4.79 Å². The highest BCUT2D eigenvalue weighted by molar-refractivity contribution is 6.04. The highest BCUT2D eigenvalue weighted by Gasteiger charge is 2.10. The zero-order chi connectivity index (χ0) is 13.0. The first-order valence-corrected chi connectivity index (χ1v) is 5.17. The molecule has 0 aliphatic heterocycles. The lowest BCUT2D eigenvalue weighted by molar-refractivity contribution is -0.131. The molecule has 1 aromatic carbocycles. The summed E-state index contributed by atoms with van der Waals surface area (Å²) in [5.41, 5.74) is 2.80. The van der Waals surface area contributed by atoms with Crippen LogP contribution < -0.4 is 4.90 Å². The Balaban J connectivity index is 2.96. The van der Waals surface area contributed by atoms with Gasteiger partial charge in [-0.15, -0.1) is 0 Å². The van der Waals surface area contributed by atoms with Gasteiger partial charge < -0.3 is 10.0 Å². The van der Waals surface area contributed by atoms with Crippen molar-refractivity contribution in [1.29, 1.82) is 0 Å². The summed E-state index contributed by atoms with van der Waals surface area (Å²) in [7, 11) is 1.62. The van der Waals surface area contributed by atoms with E-state index in [1.165, 1.54) is 4.90 Å². The maximum Gasteiger partial charge on any atom is 0.328 e. The van der Waals surface area contributed by atoms with E-state index in [4.69, 9.17) is 5.11 Å². The van der Waals surface area contributed by atoms with Gasteiger partial charge in [0.25, 0.3) is 5.91 Å². The molecule has 0 spiro atoms. The van der Waals surface area contributed by atoms with Crippen LogP contribution in [0.15, 0.2) is 30.4 Å². The molecule has 1 amide bonds. The molecule has 0 fully saturated rings. The first-order valence-electron chi connectivity index (χ1n) is 5.17. The topological polar surface area (TPSA) is 57.6 Å². The molecule has 1 N–H and O–H groups in total. The van der Waals surface area contributed by atoms with Crippen molar-refractivity contribution < 1.29 is 14.7 Å². The molecule has 0 heterocycles. The number of carboxylic acids is 1. The van der Waals surface area contributed by atoms with Gasteiger partial charge in [-0.3, -0.25) is 4.79 Å². The molecule has 0 aliphatic rings. The number of amides is 1. The van der Waals surface area contributed by atoms with Gasteiger partial charge in [0.1, 0.15) is 0 Å². The van der Waals surface area contributed by atoms with Crippen LogP contribution in [0.25, 0.3) is 0 Å². The van der Waals surface area contributed by atoms with E-state index >= 15 is 0 Å². The molecule has 1 rings (SSSR count). The third-order valence-corrected chi connectivity index (χ3v) is 2.43. The Labute approximate surface area is 100 Å². The van der Waals surface area contributed by atoms with Crippen LogP contribution in [0.3, 0.4) is 0 Å². The highest BCUT2D eigenvalue weighted by Crippen LogP contribution is 2.20. The Bertz CT molecular complexity index is 478. The molecule has 0 atom stereocenters. The molecule has 4 nitrogen and oxygen atoms in total. The second kappa shape index (κ2) is 5.30. The van der Waals surface area contributed by atoms with Gasteiger partial charge in [0.2, 0.25) is 0 Å². The fourth-order valence-electron chi connectivity index (χ4n) is 1.45. The van der Waals surface area contributed by atoms with Gasteiger partial charge in [0.05, 0.1) is 0 Å². The predicted molar refractivity (Wildman–Crippen MR) is 66.1 cm³/mol. The number of aliphatic carboxylic acids is 1. The minimum atomic E-state index is -1.13. The molecular weight excluding hydrogens is 218 g/mol. The maximum atomic E-state index is 11.7. The number of likely N-dealkylation sites (N-methyl/N-ethyl adjacent to an activating group) is 1.